The summed E-state index contributed by atoms with van der Waals surface area (Å²) in [5.41, 5.74) is 0.384. The van der Waals surface area contributed by atoms with Crippen LogP contribution < -0.4 is 0 Å². The summed E-state index contributed by atoms with van der Waals surface area (Å²) in [4.78, 5) is 15.5. The van der Waals surface area contributed by atoms with Crippen LogP contribution in [0.5, 0.6) is 5.75 Å². The second-order valence-electron chi connectivity index (χ2n) is 4.12. The Bertz CT molecular complexity index is 646. The summed E-state index contributed by atoms with van der Waals surface area (Å²) >= 11 is 4.64. The van der Waals surface area contributed by atoms with E-state index in [4.69, 9.17) is 0 Å². The maximum absolute atomic E-state index is 13.5. The van der Waals surface area contributed by atoms with E-state index in [1.54, 1.807) is 6.20 Å². The highest BCUT2D eigenvalue weighted by atomic mass is 79.9. The van der Waals surface area contributed by atoms with Crippen molar-refractivity contribution in [3.8, 4) is 5.75 Å². The van der Waals surface area contributed by atoms with Crippen molar-refractivity contribution in [3.63, 3.8) is 0 Å². The number of aromatic nitrogens is 1. The van der Waals surface area contributed by atoms with Crippen molar-refractivity contribution in [1.82, 2.24) is 4.98 Å². The van der Waals surface area contributed by atoms with E-state index in [9.17, 15) is 14.3 Å². The molecule has 0 saturated heterocycles. The molecule has 0 aliphatic heterocycles. The molecular weight excluding hydrogens is 345 g/mol. The Kier molecular flexibility index (Phi) is 4.77. The minimum absolute atomic E-state index is 0.00404. The van der Waals surface area contributed by atoms with Crippen LogP contribution >= 0.6 is 27.7 Å². The van der Waals surface area contributed by atoms with E-state index in [0.717, 1.165) is 15.6 Å². The van der Waals surface area contributed by atoms with Gasteiger partial charge < -0.3 is 5.11 Å². The Morgan fingerprint density at radius 1 is 1.45 bits per heavy atom. The number of Topliss-reactive ketones (excluding diaryl/α,β-unsaturated/α-hetero) is 1. The first-order valence-corrected chi connectivity index (χ1v) is 7.52. The highest BCUT2D eigenvalue weighted by Gasteiger charge is 2.14. The van der Waals surface area contributed by atoms with E-state index in [2.05, 4.69) is 20.9 Å². The lowest BCUT2D eigenvalue weighted by Crippen LogP contribution is -1.97. The fourth-order valence-electron chi connectivity index (χ4n) is 1.63. The minimum Gasteiger partial charge on any atom is -0.507 e. The molecule has 0 amide bonds. The lowest BCUT2D eigenvalue weighted by Gasteiger charge is -2.08. The highest BCUT2D eigenvalue weighted by molar-refractivity contribution is 9.10. The average Bonchev–Trinajstić information content (AvgIpc) is 2.41. The molecule has 1 aromatic carbocycles. The molecular formula is C14H11BrFNO2S. The number of phenols is 1. The van der Waals surface area contributed by atoms with Gasteiger partial charge in [-0.05, 0) is 47.1 Å². The van der Waals surface area contributed by atoms with Gasteiger partial charge in [-0.1, -0.05) is 0 Å². The third kappa shape index (κ3) is 3.58. The minimum atomic E-state index is -0.535. The largest absolute Gasteiger partial charge is 0.507 e. The summed E-state index contributed by atoms with van der Waals surface area (Å²) in [6, 6.07) is 5.94. The van der Waals surface area contributed by atoms with Gasteiger partial charge in [0.25, 0.3) is 0 Å². The molecule has 0 aliphatic carbocycles. The molecule has 0 radical (unpaired) electrons. The van der Waals surface area contributed by atoms with Gasteiger partial charge in [-0.2, -0.15) is 0 Å². The van der Waals surface area contributed by atoms with Crippen molar-refractivity contribution < 1.29 is 14.3 Å². The van der Waals surface area contributed by atoms with Gasteiger partial charge in [0.05, 0.1) is 10.6 Å². The summed E-state index contributed by atoms with van der Waals surface area (Å²) in [7, 11) is 0. The first kappa shape index (κ1) is 15.0. The van der Waals surface area contributed by atoms with Crippen LogP contribution in [0.25, 0.3) is 0 Å². The summed E-state index contributed by atoms with van der Waals surface area (Å²) in [6.07, 6.45) is 1.66. The fraction of sp³-hybridized carbons (Fsp3) is 0.143. The van der Waals surface area contributed by atoms with Crippen LogP contribution in [0.15, 0.2) is 40.0 Å². The third-order valence-corrected chi connectivity index (χ3v) is 4.07. The van der Waals surface area contributed by atoms with E-state index in [1.807, 2.05) is 12.1 Å². The molecule has 0 unspecified atom stereocenters. The van der Waals surface area contributed by atoms with Gasteiger partial charge in [0.2, 0.25) is 0 Å². The van der Waals surface area contributed by atoms with Crippen LogP contribution in [0.2, 0.25) is 0 Å². The zero-order valence-corrected chi connectivity index (χ0v) is 13.0. The smallest absolute Gasteiger partial charge is 0.163 e. The molecule has 20 heavy (non-hydrogen) atoms. The predicted molar refractivity (Wildman–Crippen MR) is 79.6 cm³/mol. The summed E-state index contributed by atoms with van der Waals surface area (Å²) in [5.74, 6) is -0.732. The number of halogens is 2. The fourth-order valence-corrected chi connectivity index (χ4v) is 2.68. The van der Waals surface area contributed by atoms with Crippen LogP contribution in [0, 0.1) is 5.82 Å². The van der Waals surface area contributed by atoms with E-state index in [-0.39, 0.29) is 17.1 Å². The van der Waals surface area contributed by atoms with Gasteiger partial charge >= 0.3 is 0 Å². The summed E-state index contributed by atoms with van der Waals surface area (Å²) in [5, 5.41) is 10.7. The topological polar surface area (TPSA) is 50.2 Å². The Balaban J connectivity index is 2.21. The number of benzene rings is 1. The summed E-state index contributed by atoms with van der Waals surface area (Å²) in [6.45, 7) is 1.29. The Hall–Kier alpha value is -1.40. The number of hydrogen-bond acceptors (Lipinski definition) is 4. The number of thioether (sulfide) groups is 1. The quantitative estimate of drug-likeness (QED) is 0.660. The first-order chi connectivity index (χ1) is 9.47. The van der Waals surface area contributed by atoms with E-state index in [0.29, 0.717) is 11.3 Å². The number of phenolic OH excluding ortho intramolecular Hbond substituents is 1. The Morgan fingerprint density at radius 2 is 2.20 bits per heavy atom. The monoisotopic (exact) mass is 355 g/mol. The van der Waals surface area contributed by atoms with Crippen molar-refractivity contribution in [2.45, 2.75) is 17.7 Å². The maximum Gasteiger partial charge on any atom is 0.163 e. The van der Waals surface area contributed by atoms with Crippen LogP contribution in [-0.2, 0) is 5.75 Å². The zero-order chi connectivity index (χ0) is 14.7. The normalized spacial score (nSPS) is 10.6. The molecule has 3 nitrogen and oxygen atoms in total. The number of carbonyl (C=O) groups is 1. The molecule has 0 aliphatic rings. The van der Waals surface area contributed by atoms with Crippen LogP contribution in [-0.4, -0.2) is 15.9 Å². The lowest BCUT2D eigenvalue weighted by molar-refractivity contribution is 0.101. The molecule has 0 atom stereocenters. The number of carbonyl (C=O) groups excluding carboxylic acids is 1. The highest BCUT2D eigenvalue weighted by Crippen LogP contribution is 2.30. The molecule has 1 N–H and O–H groups in total. The van der Waals surface area contributed by atoms with Gasteiger partial charge in [-0.25, -0.2) is 9.37 Å². The molecule has 6 heteroatoms. The molecule has 0 bridgehead atoms. The van der Waals surface area contributed by atoms with Crippen molar-refractivity contribution in [1.29, 1.82) is 0 Å². The van der Waals surface area contributed by atoms with E-state index < -0.39 is 5.82 Å². The number of pyridine rings is 1. The lowest BCUT2D eigenvalue weighted by atomic mass is 10.1. The molecule has 2 aromatic rings. The number of rotatable bonds is 4. The first-order valence-electron chi connectivity index (χ1n) is 5.74. The van der Waals surface area contributed by atoms with Crippen molar-refractivity contribution in [3.05, 3.63) is 51.9 Å². The summed E-state index contributed by atoms with van der Waals surface area (Å²) < 4.78 is 14.3. The van der Waals surface area contributed by atoms with Crippen LogP contribution in [0.3, 0.4) is 0 Å². The molecule has 0 spiro atoms. The number of aromatic hydroxyl groups is 1. The number of ketones is 1. The van der Waals surface area contributed by atoms with Crippen molar-refractivity contribution >= 4 is 33.5 Å². The van der Waals surface area contributed by atoms with Gasteiger partial charge in [0.1, 0.15) is 11.6 Å². The van der Waals surface area contributed by atoms with E-state index >= 15 is 0 Å². The third-order valence-electron chi connectivity index (χ3n) is 2.61. The standard InChI is InChI=1S/C14H11BrFNO2S/c1-8(18)12-5-11(16)4-9(14(12)19)7-20-13-3-2-10(15)6-17-13/h2-6,19H,7H2,1H3. The number of nitrogens with zero attached hydrogens (tertiary/aromatic N) is 1. The molecule has 0 fully saturated rings. The van der Waals surface area contributed by atoms with Gasteiger partial charge in [-0.3, -0.25) is 4.79 Å². The van der Waals surface area contributed by atoms with Crippen molar-refractivity contribution in [2.24, 2.45) is 0 Å². The molecule has 0 saturated carbocycles. The van der Waals surface area contributed by atoms with Crippen LogP contribution in [0.1, 0.15) is 22.8 Å². The molecule has 1 aromatic heterocycles. The zero-order valence-electron chi connectivity index (χ0n) is 10.6. The SMILES string of the molecule is CC(=O)c1cc(F)cc(CSc2ccc(Br)cn2)c1O. The molecule has 1 heterocycles. The predicted octanol–water partition coefficient (Wildman–Crippen LogP) is 4.18. The maximum atomic E-state index is 13.5. The number of hydrogen-bond donors (Lipinski definition) is 1. The van der Waals surface area contributed by atoms with Gasteiger partial charge in [0.15, 0.2) is 5.78 Å². The molecule has 2 rings (SSSR count). The van der Waals surface area contributed by atoms with E-state index in [1.165, 1.54) is 24.8 Å². The molecule has 104 valence electrons. The van der Waals surface area contributed by atoms with Gasteiger partial charge in [0, 0.05) is 22.0 Å². The Labute approximate surface area is 128 Å². The van der Waals surface area contributed by atoms with Crippen molar-refractivity contribution in [2.75, 3.05) is 0 Å². The second kappa shape index (κ2) is 6.37. The Morgan fingerprint density at radius 3 is 2.80 bits per heavy atom. The second-order valence-corrected chi connectivity index (χ2v) is 6.03. The average molecular weight is 356 g/mol. The van der Waals surface area contributed by atoms with Crippen LogP contribution in [0.4, 0.5) is 4.39 Å². The van der Waals surface area contributed by atoms with Gasteiger partial charge in [-0.15, -0.1) is 11.8 Å².